The highest BCUT2D eigenvalue weighted by molar-refractivity contribution is 5.67. The highest BCUT2D eigenvalue weighted by atomic mass is 16.6. The van der Waals surface area contributed by atoms with Crippen LogP contribution in [0.15, 0.2) is 0 Å². The van der Waals surface area contributed by atoms with Crippen molar-refractivity contribution in [2.75, 3.05) is 13.1 Å². The van der Waals surface area contributed by atoms with Crippen molar-refractivity contribution >= 4 is 6.09 Å². The lowest BCUT2D eigenvalue weighted by atomic mass is 9.54. The van der Waals surface area contributed by atoms with Crippen LogP contribution in [0.1, 0.15) is 52.9 Å². The maximum Gasteiger partial charge on any atom is 0.407 e. The summed E-state index contributed by atoms with van der Waals surface area (Å²) in [7, 11) is 0. The molecule has 4 rings (SSSR count). The summed E-state index contributed by atoms with van der Waals surface area (Å²) in [6.45, 7) is 7.17. The van der Waals surface area contributed by atoms with E-state index in [1.807, 2.05) is 20.8 Å². The van der Waals surface area contributed by atoms with Gasteiger partial charge in [0.15, 0.2) is 0 Å². The fourth-order valence-corrected chi connectivity index (χ4v) is 4.98. The second-order valence-electron chi connectivity index (χ2n) is 8.34. The van der Waals surface area contributed by atoms with Crippen molar-refractivity contribution in [3.8, 4) is 0 Å². The molecule has 4 saturated carbocycles. The Hall–Kier alpha value is -0.770. The lowest BCUT2D eigenvalue weighted by molar-refractivity contribution is -0.0134. The third-order valence-corrected chi connectivity index (χ3v) is 5.40. The van der Waals surface area contributed by atoms with Crippen molar-refractivity contribution in [1.29, 1.82) is 0 Å². The first-order valence-corrected chi connectivity index (χ1v) is 8.61. The number of hydrogen-bond donors (Lipinski definition) is 2. The van der Waals surface area contributed by atoms with E-state index >= 15 is 0 Å². The van der Waals surface area contributed by atoms with Crippen molar-refractivity contribution in [3.05, 3.63) is 0 Å². The third-order valence-electron chi connectivity index (χ3n) is 5.40. The molecule has 0 aliphatic heterocycles. The molecule has 4 heteroatoms. The zero-order valence-corrected chi connectivity index (χ0v) is 13.7. The summed E-state index contributed by atoms with van der Waals surface area (Å²) >= 11 is 0. The highest BCUT2D eigenvalue weighted by Gasteiger charge is 2.47. The molecule has 0 aromatic carbocycles. The first kappa shape index (κ1) is 15.1. The number of carbonyl (C=O) groups excluding carboxylic acids is 1. The van der Waals surface area contributed by atoms with Crippen LogP contribution in [0, 0.1) is 23.7 Å². The van der Waals surface area contributed by atoms with E-state index in [9.17, 15) is 4.79 Å². The van der Waals surface area contributed by atoms with E-state index in [0.717, 1.165) is 30.2 Å². The molecule has 1 amide bonds. The quantitative estimate of drug-likeness (QED) is 0.784. The molecule has 0 radical (unpaired) electrons. The van der Waals surface area contributed by atoms with E-state index in [1.165, 1.54) is 32.1 Å². The minimum atomic E-state index is -0.418. The van der Waals surface area contributed by atoms with Crippen LogP contribution >= 0.6 is 0 Å². The molecule has 0 unspecified atom stereocenters. The van der Waals surface area contributed by atoms with E-state index in [4.69, 9.17) is 4.74 Å². The molecule has 4 bridgehead atoms. The van der Waals surface area contributed by atoms with E-state index in [0.29, 0.717) is 12.6 Å². The van der Waals surface area contributed by atoms with E-state index < -0.39 is 5.60 Å². The van der Waals surface area contributed by atoms with Gasteiger partial charge in [-0.05, 0) is 76.5 Å². The molecule has 120 valence electrons. The van der Waals surface area contributed by atoms with Gasteiger partial charge < -0.3 is 15.4 Å². The van der Waals surface area contributed by atoms with Crippen LogP contribution in [-0.2, 0) is 4.74 Å². The second kappa shape index (κ2) is 5.79. The van der Waals surface area contributed by atoms with Crippen LogP contribution in [0.5, 0.6) is 0 Å². The molecule has 0 saturated heterocycles. The van der Waals surface area contributed by atoms with Gasteiger partial charge in [0, 0.05) is 19.1 Å². The Morgan fingerprint density at radius 3 is 2.10 bits per heavy atom. The Labute approximate surface area is 128 Å². The van der Waals surface area contributed by atoms with Crippen molar-refractivity contribution in [3.63, 3.8) is 0 Å². The number of alkyl carbamates (subject to hydrolysis) is 1. The van der Waals surface area contributed by atoms with Gasteiger partial charge in [0.05, 0.1) is 0 Å². The van der Waals surface area contributed by atoms with Gasteiger partial charge in [-0.1, -0.05) is 0 Å². The summed E-state index contributed by atoms with van der Waals surface area (Å²) in [4.78, 5) is 11.6. The summed E-state index contributed by atoms with van der Waals surface area (Å²) in [6, 6.07) is 0.693. The molecule has 21 heavy (non-hydrogen) atoms. The third kappa shape index (κ3) is 3.71. The predicted molar refractivity (Wildman–Crippen MR) is 83.1 cm³/mol. The topological polar surface area (TPSA) is 50.4 Å². The van der Waals surface area contributed by atoms with E-state index in [2.05, 4.69) is 10.6 Å². The lowest BCUT2D eigenvalue weighted by Crippen LogP contribution is -2.55. The molecule has 4 aliphatic rings. The molecule has 0 atom stereocenters. The van der Waals surface area contributed by atoms with E-state index in [1.54, 1.807) is 0 Å². The van der Waals surface area contributed by atoms with Crippen LogP contribution in [0.25, 0.3) is 0 Å². The monoisotopic (exact) mass is 294 g/mol. The van der Waals surface area contributed by atoms with Crippen molar-refractivity contribution in [1.82, 2.24) is 10.6 Å². The molecule has 0 heterocycles. The number of carbonyl (C=O) groups is 1. The Kier molecular flexibility index (Phi) is 4.17. The smallest absolute Gasteiger partial charge is 0.407 e. The predicted octanol–water partition coefficient (Wildman–Crippen LogP) is 2.93. The van der Waals surface area contributed by atoms with Gasteiger partial charge in [-0.3, -0.25) is 0 Å². The van der Waals surface area contributed by atoms with Crippen molar-refractivity contribution in [2.24, 2.45) is 23.7 Å². The average molecular weight is 294 g/mol. The Bertz CT molecular complexity index is 361. The molecule has 0 spiro atoms. The van der Waals surface area contributed by atoms with Gasteiger partial charge in [-0.2, -0.15) is 0 Å². The molecule has 4 fully saturated rings. The molecule has 2 N–H and O–H groups in total. The number of hydrogen-bond acceptors (Lipinski definition) is 3. The molecule has 0 aromatic heterocycles. The standard InChI is InChI=1S/C17H30N2O2/c1-17(2,3)21-16(20)19-5-4-18-15-13-7-11-6-12(9-13)10-14(15)8-11/h11-15,18H,4-10H2,1-3H3,(H,19,20). The average Bonchev–Trinajstić information content (AvgIpc) is 2.34. The summed E-state index contributed by atoms with van der Waals surface area (Å²) in [6.07, 6.45) is 6.93. The lowest BCUT2D eigenvalue weighted by Gasteiger charge is -2.54. The molecular formula is C17H30N2O2. The Balaban J connectivity index is 1.37. The fourth-order valence-electron chi connectivity index (χ4n) is 4.98. The number of nitrogens with one attached hydrogen (secondary N) is 2. The second-order valence-corrected chi connectivity index (χ2v) is 8.34. The first-order valence-electron chi connectivity index (χ1n) is 8.61. The maximum absolute atomic E-state index is 11.6. The number of amides is 1. The molecule has 4 aliphatic carbocycles. The summed E-state index contributed by atoms with van der Waals surface area (Å²) in [5, 5.41) is 6.55. The van der Waals surface area contributed by atoms with Crippen LogP contribution in [-0.4, -0.2) is 30.8 Å². The van der Waals surface area contributed by atoms with Crippen molar-refractivity contribution in [2.45, 2.75) is 64.5 Å². The first-order chi connectivity index (χ1) is 9.90. The molecular weight excluding hydrogens is 264 g/mol. The molecule has 0 aromatic rings. The van der Waals surface area contributed by atoms with Crippen molar-refractivity contribution < 1.29 is 9.53 Å². The van der Waals surface area contributed by atoms with Crippen LogP contribution in [0.4, 0.5) is 4.79 Å². The van der Waals surface area contributed by atoms with Gasteiger partial charge in [-0.25, -0.2) is 4.79 Å². The van der Waals surface area contributed by atoms with Gasteiger partial charge in [-0.15, -0.1) is 0 Å². The fraction of sp³-hybridized carbons (Fsp3) is 0.941. The number of rotatable bonds is 4. The summed E-state index contributed by atoms with van der Waals surface area (Å²) in [5.41, 5.74) is -0.418. The van der Waals surface area contributed by atoms with Gasteiger partial charge >= 0.3 is 6.09 Å². The van der Waals surface area contributed by atoms with Crippen LogP contribution in [0.2, 0.25) is 0 Å². The summed E-state index contributed by atoms with van der Waals surface area (Å²) in [5.74, 6) is 3.82. The van der Waals surface area contributed by atoms with Gasteiger partial charge in [0.25, 0.3) is 0 Å². The van der Waals surface area contributed by atoms with Gasteiger partial charge in [0.1, 0.15) is 5.60 Å². The number of ether oxygens (including phenoxy) is 1. The minimum absolute atomic E-state index is 0.311. The molecule has 4 nitrogen and oxygen atoms in total. The zero-order chi connectivity index (χ0) is 15.0. The van der Waals surface area contributed by atoms with E-state index in [-0.39, 0.29) is 6.09 Å². The zero-order valence-electron chi connectivity index (χ0n) is 13.7. The van der Waals surface area contributed by atoms with Gasteiger partial charge in [0.2, 0.25) is 0 Å². The normalized spacial score (nSPS) is 37.6. The Morgan fingerprint density at radius 1 is 1.00 bits per heavy atom. The largest absolute Gasteiger partial charge is 0.444 e. The maximum atomic E-state index is 11.6. The Morgan fingerprint density at radius 2 is 1.57 bits per heavy atom. The summed E-state index contributed by atoms with van der Waals surface area (Å²) < 4.78 is 5.25. The minimum Gasteiger partial charge on any atom is -0.444 e. The highest BCUT2D eigenvalue weighted by Crippen LogP contribution is 2.53. The van der Waals surface area contributed by atoms with Crippen LogP contribution < -0.4 is 10.6 Å². The van der Waals surface area contributed by atoms with Crippen LogP contribution in [0.3, 0.4) is 0 Å². The SMILES string of the molecule is CC(C)(C)OC(=O)NCCNC1C2CC3CC(C2)CC1C3.